The highest BCUT2D eigenvalue weighted by atomic mass is 14.3. The molecule has 2 aromatic rings. The normalized spacial score (nSPS) is 15.4. The third-order valence-electron chi connectivity index (χ3n) is 5.05. The zero-order valence-corrected chi connectivity index (χ0v) is 15.2. The van der Waals surface area contributed by atoms with Crippen LogP contribution in [0.5, 0.6) is 0 Å². The van der Waals surface area contributed by atoms with Crippen molar-refractivity contribution in [3.8, 4) is 11.1 Å². The Hall–Kier alpha value is -2.60. The third-order valence-corrected chi connectivity index (χ3v) is 5.05. The van der Waals surface area contributed by atoms with Gasteiger partial charge in [-0.1, -0.05) is 84.0 Å². The molecule has 0 atom stereocenters. The molecule has 2 aliphatic carbocycles. The molecular formula is C25H24. The van der Waals surface area contributed by atoms with Crippen LogP contribution in [0.3, 0.4) is 0 Å². The van der Waals surface area contributed by atoms with Gasteiger partial charge in [0.15, 0.2) is 0 Å². The van der Waals surface area contributed by atoms with Crippen LogP contribution in [0.25, 0.3) is 17.2 Å². The van der Waals surface area contributed by atoms with Crippen LogP contribution in [0.15, 0.2) is 77.9 Å². The standard InChI is InChI=1S/C25H24/c1-17(2)14-18(3)15-21-12-13-23-22-11-7-6-10-20(22)16-24(23)25(21)19-8-4-5-9-19/h4-15,19H,16H2,1-3H3. The summed E-state index contributed by atoms with van der Waals surface area (Å²) in [5, 5.41) is 0. The van der Waals surface area contributed by atoms with Crippen molar-refractivity contribution in [2.75, 3.05) is 0 Å². The van der Waals surface area contributed by atoms with Crippen LogP contribution in [0, 0.1) is 0 Å². The second kappa shape index (κ2) is 6.37. The van der Waals surface area contributed by atoms with Crippen molar-refractivity contribution in [2.45, 2.75) is 33.1 Å². The summed E-state index contributed by atoms with van der Waals surface area (Å²) < 4.78 is 0. The molecule has 0 unspecified atom stereocenters. The summed E-state index contributed by atoms with van der Waals surface area (Å²) in [6.07, 6.45) is 14.6. The van der Waals surface area contributed by atoms with E-state index in [1.54, 1.807) is 0 Å². The first kappa shape index (κ1) is 15.9. The van der Waals surface area contributed by atoms with Crippen LogP contribution in [-0.4, -0.2) is 0 Å². The molecule has 0 saturated heterocycles. The van der Waals surface area contributed by atoms with Crippen molar-refractivity contribution in [3.05, 3.63) is 100 Å². The Balaban J connectivity index is 1.90. The van der Waals surface area contributed by atoms with Gasteiger partial charge in [0, 0.05) is 5.92 Å². The average molecular weight is 324 g/mol. The fraction of sp³-hybridized carbons (Fsp3) is 0.200. The monoisotopic (exact) mass is 324 g/mol. The molecular weight excluding hydrogens is 300 g/mol. The van der Waals surface area contributed by atoms with E-state index in [2.05, 4.69) is 93.6 Å². The quantitative estimate of drug-likeness (QED) is 0.463. The zero-order chi connectivity index (χ0) is 17.4. The molecule has 2 aromatic carbocycles. The Morgan fingerprint density at radius 1 is 0.920 bits per heavy atom. The maximum atomic E-state index is 2.34. The van der Waals surface area contributed by atoms with Crippen LogP contribution in [0.1, 0.15) is 48.9 Å². The Bertz CT molecular complexity index is 932. The maximum absolute atomic E-state index is 2.34. The van der Waals surface area contributed by atoms with Gasteiger partial charge in [-0.05, 0) is 60.6 Å². The van der Waals surface area contributed by atoms with Crippen LogP contribution < -0.4 is 0 Å². The molecule has 2 aliphatic rings. The summed E-state index contributed by atoms with van der Waals surface area (Å²) in [6.45, 7) is 6.50. The molecule has 124 valence electrons. The van der Waals surface area contributed by atoms with Crippen molar-refractivity contribution < 1.29 is 0 Å². The summed E-state index contributed by atoms with van der Waals surface area (Å²) in [5.41, 5.74) is 11.2. The van der Waals surface area contributed by atoms with Gasteiger partial charge >= 0.3 is 0 Å². The first-order valence-electron chi connectivity index (χ1n) is 9.06. The Morgan fingerprint density at radius 2 is 1.68 bits per heavy atom. The van der Waals surface area contributed by atoms with E-state index in [1.807, 2.05) is 0 Å². The first-order chi connectivity index (χ1) is 12.1. The van der Waals surface area contributed by atoms with Crippen molar-refractivity contribution in [3.63, 3.8) is 0 Å². The van der Waals surface area contributed by atoms with Gasteiger partial charge in [-0.15, -0.1) is 0 Å². The van der Waals surface area contributed by atoms with Crippen molar-refractivity contribution in [2.24, 2.45) is 0 Å². The van der Waals surface area contributed by atoms with Crippen LogP contribution in [0.4, 0.5) is 0 Å². The molecule has 0 heteroatoms. The van der Waals surface area contributed by atoms with Crippen molar-refractivity contribution in [1.82, 2.24) is 0 Å². The number of allylic oxidation sites excluding steroid dienone is 7. The third kappa shape index (κ3) is 2.93. The summed E-state index contributed by atoms with van der Waals surface area (Å²) in [6, 6.07) is 13.4. The van der Waals surface area contributed by atoms with E-state index in [9.17, 15) is 0 Å². The highest BCUT2D eigenvalue weighted by Gasteiger charge is 2.25. The predicted octanol–water partition coefficient (Wildman–Crippen LogP) is 6.84. The van der Waals surface area contributed by atoms with Crippen LogP contribution in [0.2, 0.25) is 0 Å². The molecule has 0 fully saturated rings. The minimum Gasteiger partial charge on any atom is -0.0762 e. The number of hydrogen-bond donors (Lipinski definition) is 0. The largest absolute Gasteiger partial charge is 0.0762 e. The van der Waals surface area contributed by atoms with Gasteiger partial charge in [-0.25, -0.2) is 0 Å². The van der Waals surface area contributed by atoms with E-state index < -0.39 is 0 Å². The summed E-state index contributed by atoms with van der Waals surface area (Å²) in [5.74, 6) is 0.384. The van der Waals surface area contributed by atoms with Crippen molar-refractivity contribution >= 4 is 6.08 Å². The van der Waals surface area contributed by atoms with Gasteiger partial charge < -0.3 is 0 Å². The predicted molar refractivity (Wildman–Crippen MR) is 109 cm³/mol. The van der Waals surface area contributed by atoms with Gasteiger partial charge in [-0.2, -0.15) is 0 Å². The zero-order valence-electron chi connectivity index (χ0n) is 15.2. The molecule has 0 nitrogen and oxygen atoms in total. The Morgan fingerprint density at radius 3 is 2.44 bits per heavy atom. The first-order valence-corrected chi connectivity index (χ1v) is 9.06. The lowest BCUT2D eigenvalue weighted by Gasteiger charge is -2.17. The van der Waals surface area contributed by atoms with E-state index >= 15 is 0 Å². The van der Waals surface area contributed by atoms with Crippen molar-refractivity contribution in [1.29, 1.82) is 0 Å². The number of benzene rings is 2. The van der Waals surface area contributed by atoms with Gasteiger partial charge in [0.25, 0.3) is 0 Å². The van der Waals surface area contributed by atoms with E-state index in [0.29, 0.717) is 5.92 Å². The molecule has 0 aromatic heterocycles. The fourth-order valence-corrected chi connectivity index (χ4v) is 4.14. The second-order valence-corrected chi connectivity index (χ2v) is 7.33. The fourth-order valence-electron chi connectivity index (χ4n) is 4.14. The Kier molecular flexibility index (Phi) is 4.05. The molecule has 25 heavy (non-hydrogen) atoms. The molecule has 0 bridgehead atoms. The summed E-state index contributed by atoms with van der Waals surface area (Å²) in [7, 11) is 0. The SMILES string of the molecule is CC(C)=CC(C)=Cc1ccc2c(c1C1C=CC=C1)Cc1ccccc1-2. The summed E-state index contributed by atoms with van der Waals surface area (Å²) in [4.78, 5) is 0. The Labute approximate surface area is 150 Å². The lowest BCUT2D eigenvalue weighted by Crippen LogP contribution is -2.00. The smallest absolute Gasteiger partial charge is 0.0213 e. The minimum atomic E-state index is 0.384. The molecule has 0 heterocycles. The second-order valence-electron chi connectivity index (χ2n) is 7.33. The van der Waals surface area contributed by atoms with Crippen LogP contribution in [-0.2, 0) is 6.42 Å². The highest BCUT2D eigenvalue weighted by Crippen LogP contribution is 2.43. The molecule has 0 N–H and O–H groups in total. The molecule has 0 saturated carbocycles. The van der Waals surface area contributed by atoms with Gasteiger partial charge in [0.1, 0.15) is 0 Å². The molecule has 0 spiro atoms. The van der Waals surface area contributed by atoms with E-state index in [-0.39, 0.29) is 0 Å². The van der Waals surface area contributed by atoms with Gasteiger partial charge in [0.05, 0.1) is 0 Å². The molecule has 0 amide bonds. The lowest BCUT2D eigenvalue weighted by molar-refractivity contribution is 1.05. The van der Waals surface area contributed by atoms with E-state index in [1.165, 1.54) is 44.5 Å². The number of fused-ring (bicyclic) bond motifs is 3. The molecule has 0 radical (unpaired) electrons. The van der Waals surface area contributed by atoms with Gasteiger partial charge in [0.2, 0.25) is 0 Å². The number of hydrogen-bond acceptors (Lipinski definition) is 0. The maximum Gasteiger partial charge on any atom is 0.0213 e. The van der Waals surface area contributed by atoms with Gasteiger partial charge in [-0.3, -0.25) is 0 Å². The lowest BCUT2D eigenvalue weighted by atomic mass is 9.87. The molecule has 4 rings (SSSR count). The van der Waals surface area contributed by atoms with E-state index in [0.717, 1.165) is 6.42 Å². The van der Waals surface area contributed by atoms with Crippen LogP contribution >= 0.6 is 0 Å². The number of rotatable bonds is 3. The topological polar surface area (TPSA) is 0 Å². The highest BCUT2D eigenvalue weighted by molar-refractivity contribution is 5.81. The summed E-state index contributed by atoms with van der Waals surface area (Å²) >= 11 is 0. The minimum absolute atomic E-state index is 0.384. The average Bonchev–Trinajstić information content (AvgIpc) is 3.21. The van der Waals surface area contributed by atoms with E-state index in [4.69, 9.17) is 0 Å². The molecule has 0 aliphatic heterocycles.